The summed E-state index contributed by atoms with van der Waals surface area (Å²) in [5.41, 5.74) is 0.839. The van der Waals surface area contributed by atoms with E-state index in [1.807, 2.05) is 26.8 Å². The van der Waals surface area contributed by atoms with Gasteiger partial charge in [-0.3, -0.25) is 4.90 Å². The number of piperidine rings is 1. The maximum absolute atomic E-state index is 12.2. The second-order valence-electron chi connectivity index (χ2n) is 8.10. The van der Waals surface area contributed by atoms with Gasteiger partial charge in [-0.05, 0) is 52.5 Å². The number of benzene rings is 1. The van der Waals surface area contributed by atoms with Crippen LogP contribution in [-0.4, -0.2) is 34.7 Å². The number of likely N-dealkylation sites (tertiary alicyclic amines) is 1. The number of ether oxygens (including phenoxy) is 1. The Labute approximate surface area is 146 Å². The Balaban J connectivity index is 2.07. The molecule has 0 aromatic heterocycles. The number of nitrogens with one attached hydrogen (secondary N) is 1. The van der Waals surface area contributed by atoms with Gasteiger partial charge in [0, 0.05) is 24.7 Å². The Morgan fingerprint density at radius 1 is 1.17 bits per heavy atom. The highest BCUT2D eigenvalue weighted by Crippen LogP contribution is 2.29. The fourth-order valence-electron chi connectivity index (χ4n) is 3.44. The highest BCUT2D eigenvalue weighted by molar-refractivity contribution is 5.68. The number of hydrogen-bond donors (Lipinski definition) is 1. The van der Waals surface area contributed by atoms with E-state index in [0.29, 0.717) is 12.0 Å². The van der Waals surface area contributed by atoms with Gasteiger partial charge >= 0.3 is 6.09 Å². The lowest BCUT2D eigenvalue weighted by Crippen LogP contribution is -2.59. The maximum Gasteiger partial charge on any atom is 0.407 e. The zero-order valence-electron chi connectivity index (χ0n) is 15.9. The number of alkyl carbamates (subject to hydrolysis) is 1. The van der Waals surface area contributed by atoms with Crippen LogP contribution in [0.3, 0.4) is 0 Å². The van der Waals surface area contributed by atoms with Crippen molar-refractivity contribution in [2.75, 3.05) is 0 Å². The SMILES string of the molecule is C[C@@H]1C[C@H](NC(=O)OC(C)(C)C)[C@H](C)N(Cc2ccccc2)[C@H]1C. The molecule has 1 amide bonds. The average Bonchev–Trinajstić information content (AvgIpc) is 2.48. The molecule has 4 atom stereocenters. The van der Waals surface area contributed by atoms with E-state index in [1.165, 1.54) is 5.56 Å². The van der Waals surface area contributed by atoms with E-state index in [-0.39, 0.29) is 18.2 Å². The summed E-state index contributed by atoms with van der Waals surface area (Å²) < 4.78 is 5.44. The minimum absolute atomic E-state index is 0.106. The first-order valence-corrected chi connectivity index (χ1v) is 8.96. The van der Waals surface area contributed by atoms with Crippen molar-refractivity contribution in [3.05, 3.63) is 35.9 Å². The second kappa shape index (κ2) is 7.56. The van der Waals surface area contributed by atoms with Crippen molar-refractivity contribution >= 4 is 6.09 Å². The van der Waals surface area contributed by atoms with Crippen molar-refractivity contribution in [1.82, 2.24) is 10.2 Å². The van der Waals surface area contributed by atoms with Crippen molar-refractivity contribution in [2.24, 2.45) is 5.92 Å². The predicted molar refractivity (Wildman–Crippen MR) is 97.8 cm³/mol. The van der Waals surface area contributed by atoms with E-state index in [9.17, 15) is 4.79 Å². The van der Waals surface area contributed by atoms with Crippen LogP contribution in [-0.2, 0) is 11.3 Å². The van der Waals surface area contributed by atoms with Crippen LogP contribution in [0.5, 0.6) is 0 Å². The van der Waals surface area contributed by atoms with Crippen LogP contribution in [0, 0.1) is 5.92 Å². The molecule has 0 bridgehead atoms. The topological polar surface area (TPSA) is 41.6 Å². The summed E-state index contributed by atoms with van der Waals surface area (Å²) in [6.45, 7) is 13.3. The van der Waals surface area contributed by atoms with E-state index in [4.69, 9.17) is 4.74 Å². The minimum atomic E-state index is -0.468. The summed E-state index contributed by atoms with van der Waals surface area (Å²) in [7, 11) is 0. The standard InChI is InChI=1S/C20H32N2O2/c1-14-12-18(21-19(23)24-20(4,5)6)16(3)22(15(14)2)13-17-10-8-7-9-11-17/h7-11,14-16,18H,12-13H2,1-6H3,(H,21,23)/t14-,15+,16+,18+/m1/s1. The highest BCUT2D eigenvalue weighted by Gasteiger charge is 2.37. The monoisotopic (exact) mass is 332 g/mol. The Morgan fingerprint density at radius 2 is 1.79 bits per heavy atom. The normalized spacial score (nSPS) is 28.4. The molecule has 4 heteroatoms. The smallest absolute Gasteiger partial charge is 0.407 e. The molecule has 4 nitrogen and oxygen atoms in total. The fourth-order valence-corrected chi connectivity index (χ4v) is 3.44. The van der Waals surface area contributed by atoms with Crippen LogP contribution < -0.4 is 5.32 Å². The first-order chi connectivity index (χ1) is 11.2. The van der Waals surface area contributed by atoms with E-state index in [1.54, 1.807) is 0 Å². The third-order valence-electron chi connectivity index (χ3n) is 4.99. The van der Waals surface area contributed by atoms with Crippen molar-refractivity contribution in [2.45, 2.75) is 78.2 Å². The number of hydrogen-bond acceptors (Lipinski definition) is 3. The van der Waals surface area contributed by atoms with Crippen molar-refractivity contribution in [1.29, 1.82) is 0 Å². The molecule has 1 aromatic carbocycles. The van der Waals surface area contributed by atoms with Crippen LogP contribution in [0.15, 0.2) is 30.3 Å². The Morgan fingerprint density at radius 3 is 2.38 bits per heavy atom. The lowest BCUT2D eigenvalue weighted by atomic mass is 9.84. The van der Waals surface area contributed by atoms with Gasteiger partial charge in [-0.15, -0.1) is 0 Å². The largest absolute Gasteiger partial charge is 0.444 e. The molecule has 1 N–H and O–H groups in total. The Kier molecular flexibility index (Phi) is 5.92. The molecule has 0 saturated carbocycles. The van der Waals surface area contributed by atoms with Crippen LogP contribution in [0.25, 0.3) is 0 Å². The van der Waals surface area contributed by atoms with Crippen molar-refractivity contribution in [3.63, 3.8) is 0 Å². The van der Waals surface area contributed by atoms with E-state index >= 15 is 0 Å². The molecule has 1 aromatic rings. The molecule has 1 aliphatic heterocycles. The maximum atomic E-state index is 12.2. The molecule has 0 unspecified atom stereocenters. The van der Waals surface area contributed by atoms with Gasteiger partial charge in [0.05, 0.1) is 0 Å². The number of carbonyl (C=O) groups is 1. The van der Waals surface area contributed by atoms with E-state index in [0.717, 1.165) is 13.0 Å². The predicted octanol–water partition coefficient (Wildman–Crippen LogP) is 4.20. The fraction of sp³-hybridized carbons (Fsp3) is 0.650. The molecule has 0 aliphatic carbocycles. The van der Waals surface area contributed by atoms with Gasteiger partial charge in [0.1, 0.15) is 5.60 Å². The minimum Gasteiger partial charge on any atom is -0.444 e. The molecule has 1 fully saturated rings. The van der Waals surface area contributed by atoms with Gasteiger partial charge in [-0.25, -0.2) is 4.79 Å². The van der Waals surface area contributed by atoms with Gasteiger partial charge < -0.3 is 10.1 Å². The quantitative estimate of drug-likeness (QED) is 0.902. The molecule has 1 aliphatic rings. The Bertz CT molecular complexity index is 538. The third kappa shape index (κ3) is 4.97. The van der Waals surface area contributed by atoms with Crippen LogP contribution in [0.1, 0.15) is 53.5 Å². The second-order valence-corrected chi connectivity index (χ2v) is 8.10. The lowest BCUT2D eigenvalue weighted by Gasteiger charge is -2.47. The van der Waals surface area contributed by atoms with Gasteiger partial charge in [0.25, 0.3) is 0 Å². The zero-order valence-corrected chi connectivity index (χ0v) is 15.9. The summed E-state index contributed by atoms with van der Waals surface area (Å²) in [6.07, 6.45) is 0.660. The van der Waals surface area contributed by atoms with Gasteiger partial charge in [-0.2, -0.15) is 0 Å². The molecule has 2 rings (SSSR count). The van der Waals surface area contributed by atoms with Gasteiger partial charge in [0.15, 0.2) is 0 Å². The van der Waals surface area contributed by atoms with Crippen LogP contribution in [0.2, 0.25) is 0 Å². The molecule has 134 valence electrons. The summed E-state index contributed by atoms with van der Waals surface area (Å²) in [6, 6.07) is 11.4. The number of carbonyl (C=O) groups excluding carboxylic acids is 1. The van der Waals surface area contributed by atoms with E-state index < -0.39 is 5.60 Å². The number of rotatable bonds is 3. The average molecular weight is 332 g/mol. The zero-order chi connectivity index (χ0) is 17.9. The van der Waals surface area contributed by atoms with Gasteiger partial charge in [-0.1, -0.05) is 37.3 Å². The third-order valence-corrected chi connectivity index (χ3v) is 4.99. The molecule has 0 radical (unpaired) electrons. The van der Waals surface area contributed by atoms with Crippen LogP contribution >= 0.6 is 0 Å². The first-order valence-electron chi connectivity index (χ1n) is 8.96. The lowest BCUT2D eigenvalue weighted by molar-refractivity contribution is 0.0161. The molecule has 0 spiro atoms. The van der Waals surface area contributed by atoms with Gasteiger partial charge in [0.2, 0.25) is 0 Å². The Hall–Kier alpha value is -1.55. The summed E-state index contributed by atoms with van der Waals surface area (Å²) in [4.78, 5) is 14.7. The first kappa shape index (κ1) is 18.8. The molecule has 1 heterocycles. The number of nitrogens with zero attached hydrogens (tertiary/aromatic N) is 1. The molecule has 1 saturated heterocycles. The molecular weight excluding hydrogens is 300 g/mol. The highest BCUT2D eigenvalue weighted by atomic mass is 16.6. The van der Waals surface area contributed by atoms with Crippen molar-refractivity contribution in [3.8, 4) is 0 Å². The molecule has 24 heavy (non-hydrogen) atoms. The van der Waals surface area contributed by atoms with Crippen molar-refractivity contribution < 1.29 is 9.53 Å². The molecular formula is C20H32N2O2. The van der Waals surface area contributed by atoms with Crippen LogP contribution in [0.4, 0.5) is 4.79 Å². The van der Waals surface area contributed by atoms with E-state index in [2.05, 4.69) is 55.3 Å². The summed E-state index contributed by atoms with van der Waals surface area (Å²) >= 11 is 0. The summed E-state index contributed by atoms with van der Waals surface area (Å²) in [5, 5.41) is 3.09. The number of amides is 1. The summed E-state index contributed by atoms with van der Waals surface area (Å²) in [5.74, 6) is 0.518.